The van der Waals surface area contributed by atoms with Crippen LogP contribution < -0.4 is 5.32 Å². The van der Waals surface area contributed by atoms with Crippen LogP contribution in [0.5, 0.6) is 0 Å². The lowest BCUT2D eigenvalue weighted by Crippen LogP contribution is -2.54. The van der Waals surface area contributed by atoms with E-state index in [0.717, 1.165) is 6.04 Å². The molecular weight excluding hydrogens is 232 g/mol. The zero-order chi connectivity index (χ0) is 13.6. The maximum atomic E-state index is 3.91. The Morgan fingerprint density at radius 1 is 1.11 bits per heavy atom. The number of nitrogens with one attached hydrogen (secondary N) is 1. The summed E-state index contributed by atoms with van der Waals surface area (Å²) in [5.74, 6) is 0. The Balaban J connectivity index is 1.88. The van der Waals surface area contributed by atoms with Crippen molar-refractivity contribution in [3.63, 3.8) is 0 Å². The van der Waals surface area contributed by atoms with E-state index in [9.17, 15) is 0 Å². The van der Waals surface area contributed by atoms with Gasteiger partial charge >= 0.3 is 0 Å². The molecule has 1 heterocycles. The van der Waals surface area contributed by atoms with Crippen molar-refractivity contribution in [1.82, 2.24) is 10.2 Å². The lowest BCUT2D eigenvalue weighted by Gasteiger charge is -2.41. The minimum Gasteiger partial charge on any atom is -0.310 e. The Morgan fingerprint density at radius 2 is 1.89 bits per heavy atom. The summed E-state index contributed by atoms with van der Waals surface area (Å²) < 4.78 is 0. The summed E-state index contributed by atoms with van der Waals surface area (Å²) in [4.78, 5) is 2.79. The third kappa shape index (κ3) is 4.46. The molecular formula is C17H34N2. The van der Waals surface area contributed by atoms with Gasteiger partial charge in [0.15, 0.2) is 0 Å². The first-order chi connectivity index (χ1) is 9.26. The van der Waals surface area contributed by atoms with Crippen molar-refractivity contribution in [2.45, 2.75) is 89.6 Å². The molecule has 2 rings (SSSR count). The average molecular weight is 266 g/mol. The smallest absolute Gasteiger partial charge is 0.0308 e. The zero-order valence-corrected chi connectivity index (χ0v) is 13.2. The number of rotatable bonds is 5. The molecule has 1 unspecified atom stereocenters. The van der Waals surface area contributed by atoms with Crippen molar-refractivity contribution in [2.75, 3.05) is 19.6 Å². The van der Waals surface area contributed by atoms with Crippen LogP contribution in [0.25, 0.3) is 0 Å². The molecule has 1 aliphatic heterocycles. The predicted octanol–water partition coefficient (Wildman–Crippen LogP) is 3.95. The minimum absolute atomic E-state index is 0.466. The number of hydrogen-bond acceptors (Lipinski definition) is 2. The quantitative estimate of drug-likeness (QED) is 0.758. The summed E-state index contributed by atoms with van der Waals surface area (Å²) in [7, 11) is 0. The molecule has 0 aromatic carbocycles. The molecule has 1 spiro atoms. The van der Waals surface area contributed by atoms with Gasteiger partial charge in [-0.1, -0.05) is 45.4 Å². The summed E-state index contributed by atoms with van der Waals surface area (Å²) in [6, 6.07) is 0.783. The number of hydrogen-bond donors (Lipinski definition) is 1. The van der Waals surface area contributed by atoms with Crippen LogP contribution in [-0.4, -0.2) is 36.1 Å². The second-order valence-electron chi connectivity index (χ2n) is 6.94. The standard InChI is InChI=1S/C17H34N2/c1-3-4-6-10-16(2)19-14-9-13-18-17(15-19)11-7-5-8-12-17/h16,18H,3-15H2,1-2H3. The molecule has 0 aromatic rings. The van der Waals surface area contributed by atoms with Crippen LogP contribution >= 0.6 is 0 Å². The van der Waals surface area contributed by atoms with Gasteiger partial charge in [0, 0.05) is 18.1 Å². The van der Waals surface area contributed by atoms with E-state index in [1.807, 2.05) is 0 Å². The van der Waals surface area contributed by atoms with Crippen molar-refractivity contribution in [2.24, 2.45) is 0 Å². The molecule has 0 aromatic heterocycles. The molecule has 1 atom stereocenters. The Bertz CT molecular complexity index is 246. The zero-order valence-electron chi connectivity index (χ0n) is 13.2. The van der Waals surface area contributed by atoms with Crippen LogP contribution in [-0.2, 0) is 0 Å². The van der Waals surface area contributed by atoms with E-state index in [1.54, 1.807) is 0 Å². The van der Waals surface area contributed by atoms with E-state index in [0.29, 0.717) is 5.54 Å². The summed E-state index contributed by atoms with van der Waals surface area (Å²) in [6.45, 7) is 8.61. The average Bonchev–Trinajstić information content (AvgIpc) is 2.63. The SMILES string of the molecule is CCCCCC(C)N1CCCNC2(CCCCC2)C1. The van der Waals surface area contributed by atoms with Gasteiger partial charge in [-0.2, -0.15) is 0 Å². The summed E-state index contributed by atoms with van der Waals surface area (Å²) >= 11 is 0. The Morgan fingerprint density at radius 3 is 2.63 bits per heavy atom. The molecule has 0 amide bonds. The van der Waals surface area contributed by atoms with Crippen molar-refractivity contribution in [1.29, 1.82) is 0 Å². The fraction of sp³-hybridized carbons (Fsp3) is 1.00. The normalized spacial score (nSPS) is 26.2. The van der Waals surface area contributed by atoms with Crippen molar-refractivity contribution < 1.29 is 0 Å². The first-order valence-electron chi connectivity index (χ1n) is 8.75. The Kier molecular flexibility index (Phi) is 6.15. The van der Waals surface area contributed by atoms with E-state index in [-0.39, 0.29) is 0 Å². The fourth-order valence-corrected chi connectivity index (χ4v) is 3.97. The molecule has 1 N–H and O–H groups in total. The second-order valence-corrected chi connectivity index (χ2v) is 6.94. The molecule has 2 fully saturated rings. The van der Waals surface area contributed by atoms with Gasteiger partial charge in [0.05, 0.1) is 0 Å². The third-order valence-corrected chi connectivity index (χ3v) is 5.29. The molecule has 2 aliphatic rings. The maximum absolute atomic E-state index is 3.91. The van der Waals surface area contributed by atoms with E-state index >= 15 is 0 Å². The van der Waals surface area contributed by atoms with Gasteiger partial charge in [0.25, 0.3) is 0 Å². The van der Waals surface area contributed by atoms with Crippen LogP contribution in [0.15, 0.2) is 0 Å². The van der Waals surface area contributed by atoms with E-state index in [1.165, 1.54) is 83.8 Å². The highest BCUT2D eigenvalue weighted by Gasteiger charge is 2.35. The molecule has 112 valence electrons. The number of nitrogens with zero attached hydrogens (tertiary/aromatic N) is 1. The van der Waals surface area contributed by atoms with E-state index in [2.05, 4.69) is 24.1 Å². The molecule has 1 saturated heterocycles. The first kappa shape index (κ1) is 15.3. The van der Waals surface area contributed by atoms with E-state index in [4.69, 9.17) is 0 Å². The molecule has 1 aliphatic carbocycles. The van der Waals surface area contributed by atoms with Crippen molar-refractivity contribution in [3.8, 4) is 0 Å². The van der Waals surface area contributed by atoms with Crippen LogP contribution in [0.3, 0.4) is 0 Å². The first-order valence-corrected chi connectivity index (χ1v) is 8.75. The van der Waals surface area contributed by atoms with Crippen molar-refractivity contribution >= 4 is 0 Å². The topological polar surface area (TPSA) is 15.3 Å². The lowest BCUT2D eigenvalue weighted by atomic mass is 9.81. The van der Waals surface area contributed by atoms with Crippen LogP contribution in [0.1, 0.15) is 78.1 Å². The molecule has 19 heavy (non-hydrogen) atoms. The molecule has 1 saturated carbocycles. The second kappa shape index (κ2) is 7.64. The van der Waals surface area contributed by atoms with Crippen LogP contribution in [0, 0.1) is 0 Å². The van der Waals surface area contributed by atoms with Gasteiger partial charge in [-0.15, -0.1) is 0 Å². The monoisotopic (exact) mass is 266 g/mol. The third-order valence-electron chi connectivity index (χ3n) is 5.29. The lowest BCUT2D eigenvalue weighted by molar-refractivity contribution is 0.128. The largest absolute Gasteiger partial charge is 0.310 e. The molecule has 2 nitrogen and oxygen atoms in total. The van der Waals surface area contributed by atoms with Gasteiger partial charge in [-0.05, 0) is 45.7 Å². The molecule has 0 radical (unpaired) electrons. The summed E-state index contributed by atoms with van der Waals surface area (Å²) in [5.41, 5.74) is 0.466. The predicted molar refractivity (Wildman–Crippen MR) is 83.6 cm³/mol. The molecule has 0 bridgehead atoms. The highest BCUT2D eigenvalue weighted by Crippen LogP contribution is 2.31. The summed E-state index contributed by atoms with van der Waals surface area (Å²) in [6.07, 6.45) is 14.0. The molecule has 2 heteroatoms. The number of unbranched alkanes of at least 4 members (excludes halogenated alkanes) is 2. The van der Waals surface area contributed by atoms with Gasteiger partial charge in [0.2, 0.25) is 0 Å². The Labute approximate surface area is 120 Å². The van der Waals surface area contributed by atoms with Gasteiger partial charge in [-0.25, -0.2) is 0 Å². The van der Waals surface area contributed by atoms with Crippen molar-refractivity contribution in [3.05, 3.63) is 0 Å². The highest BCUT2D eigenvalue weighted by atomic mass is 15.2. The maximum Gasteiger partial charge on any atom is 0.0308 e. The van der Waals surface area contributed by atoms with Gasteiger partial charge < -0.3 is 5.32 Å². The van der Waals surface area contributed by atoms with Crippen LogP contribution in [0.2, 0.25) is 0 Å². The van der Waals surface area contributed by atoms with E-state index < -0.39 is 0 Å². The van der Waals surface area contributed by atoms with Gasteiger partial charge in [0.1, 0.15) is 0 Å². The minimum atomic E-state index is 0.466. The Hall–Kier alpha value is -0.0800. The fourth-order valence-electron chi connectivity index (χ4n) is 3.97. The highest BCUT2D eigenvalue weighted by molar-refractivity contribution is 4.96. The van der Waals surface area contributed by atoms with Gasteiger partial charge in [-0.3, -0.25) is 4.90 Å². The summed E-state index contributed by atoms with van der Waals surface area (Å²) in [5, 5.41) is 3.91. The van der Waals surface area contributed by atoms with Crippen LogP contribution in [0.4, 0.5) is 0 Å².